The Labute approximate surface area is 244 Å². The van der Waals surface area contributed by atoms with Crippen molar-refractivity contribution in [3.8, 4) is 11.5 Å². The Balaban J connectivity index is 1.57. The van der Waals surface area contributed by atoms with Gasteiger partial charge in [-0.3, -0.25) is 14.4 Å². The van der Waals surface area contributed by atoms with Crippen LogP contribution in [0.25, 0.3) is 0 Å². The fourth-order valence-electron chi connectivity index (χ4n) is 4.66. The van der Waals surface area contributed by atoms with Crippen LogP contribution in [-0.2, 0) is 11.3 Å². The summed E-state index contributed by atoms with van der Waals surface area (Å²) in [5.74, 6) is -1.30. The number of para-hydroxylation sites is 1. The zero-order chi connectivity index (χ0) is 29.9. The molecule has 0 atom stereocenters. The van der Waals surface area contributed by atoms with Gasteiger partial charge in [0, 0.05) is 26.1 Å². The molecule has 0 saturated heterocycles. The maximum absolute atomic E-state index is 12.6. The van der Waals surface area contributed by atoms with E-state index >= 15 is 0 Å². The van der Waals surface area contributed by atoms with Crippen molar-refractivity contribution in [2.24, 2.45) is 0 Å². The number of hydrogen-bond acceptors (Lipinski definition) is 6. The first-order valence-electron chi connectivity index (χ1n) is 14.8. The third-order valence-electron chi connectivity index (χ3n) is 7.01. The molecule has 2 amide bonds. The zero-order valence-corrected chi connectivity index (χ0v) is 24.4. The summed E-state index contributed by atoms with van der Waals surface area (Å²) in [6.07, 6.45) is 10.9. The summed E-state index contributed by atoms with van der Waals surface area (Å²) in [5, 5.41) is 34.4. The zero-order valence-electron chi connectivity index (χ0n) is 24.4. The highest BCUT2D eigenvalue weighted by Crippen LogP contribution is 2.20. The highest BCUT2D eigenvalue weighted by molar-refractivity contribution is 5.97. The number of phenolic OH excluding ortho intramolecular Hbond substituents is 2. The van der Waals surface area contributed by atoms with Gasteiger partial charge in [-0.05, 0) is 69.1 Å². The SMILES string of the molecule is CN(CCCCCCNC(=O)c1ccccc1O)Cc1ccc(O)c(C(=O)NCCCCCCCCCC(=O)O)c1. The van der Waals surface area contributed by atoms with Crippen LogP contribution in [0.3, 0.4) is 0 Å². The molecule has 2 aromatic carbocycles. The van der Waals surface area contributed by atoms with Crippen molar-refractivity contribution in [1.29, 1.82) is 0 Å². The van der Waals surface area contributed by atoms with Gasteiger partial charge in [0.1, 0.15) is 11.5 Å². The molecule has 9 heteroatoms. The molecule has 0 spiro atoms. The number of carboxylic acid groups (broad SMARTS) is 1. The molecule has 9 nitrogen and oxygen atoms in total. The lowest BCUT2D eigenvalue weighted by Gasteiger charge is -2.17. The Morgan fingerprint density at radius 3 is 1.85 bits per heavy atom. The van der Waals surface area contributed by atoms with E-state index in [1.165, 1.54) is 6.07 Å². The van der Waals surface area contributed by atoms with Gasteiger partial charge in [-0.15, -0.1) is 0 Å². The average molecular weight is 570 g/mol. The van der Waals surface area contributed by atoms with E-state index in [0.717, 1.165) is 82.7 Å². The number of benzene rings is 2. The van der Waals surface area contributed by atoms with Crippen molar-refractivity contribution in [2.75, 3.05) is 26.7 Å². The lowest BCUT2D eigenvalue weighted by molar-refractivity contribution is -0.137. The Morgan fingerprint density at radius 1 is 0.683 bits per heavy atom. The first-order chi connectivity index (χ1) is 19.8. The van der Waals surface area contributed by atoms with E-state index in [4.69, 9.17) is 5.11 Å². The van der Waals surface area contributed by atoms with Gasteiger partial charge < -0.3 is 30.9 Å². The number of carbonyl (C=O) groups is 3. The molecule has 0 aliphatic rings. The predicted octanol–water partition coefficient (Wildman–Crippen LogP) is 5.46. The lowest BCUT2D eigenvalue weighted by atomic mass is 10.1. The number of amides is 2. The van der Waals surface area contributed by atoms with Gasteiger partial charge in [0.25, 0.3) is 11.8 Å². The molecule has 2 rings (SSSR count). The topological polar surface area (TPSA) is 139 Å². The average Bonchev–Trinajstić information content (AvgIpc) is 2.94. The molecule has 0 aliphatic heterocycles. The second-order valence-corrected chi connectivity index (χ2v) is 10.7. The van der Waals surface area contributed by atoms with Crippen LogP contribution in [0.2, 0.25) is 0 Å². The molecule has 0 bridgehead atoms. The minimum Gasteiger partial charge on any atom is -0.507 e. The van der Waals surface area contributed by atoms with E-state index in [1.807, 2.05) is 13.1 Å². The molecule has 0 aromatic heterocycles. The number of unbranched alkanes of at least 4 members (excludes halogenated alkanes) is 9. The minimum absolute atomic E-state index is 0.0135. The fourth-order valence-corrected chi connectivity index (χ4v) is 4.66. The Hall–Kier alpha value is -3.59. The molecule has 0 saturated carbocycles. The van der Waals surface area contributed by atoms with Gasteiger partial charge in [0.15, 0.2) is 0 Å². The van der Waals surface area contributed by atoms with Crippen LogP contribution in [0, 0.1) is 0 Å². The maximum atomic E-state index is 12.6. The number of rotatable bonds is 21. The van der Waals surface area contributed by atoms with Gasteiger partial charge >= 0.3 is 5.97 Å². The van der Waals surface area contributed by atoms with E-state index in [2.05, 4.69) is 15.5 Å². The summed E-state index contributed by atoms with van der Waals surface area (Å²) in [6, 6.07) is 11.7. The van der Waals surface area contributed by atoms with Crippen LogP contribution in [0.1, 0.15) is 103 Å². The fraction of sp³-hybridized carbons (Fsp3) is 0.531. The summed E-state index contributed by atoms with van der Waals surface area (Å²) in [6.45, 7) is 2.69. The second kappa shape index (κ2) is 19.5. The van der Waals surface area contributed by atoms with Gasteiger partial charge in [-0.25, -0.2) is 0 Å². The normalized spacial score (nSPS) is 11.0. The van der Waals surface area contributed by atoms with Crippen molar-refractivity contribution in [3.05, 3.63) is 59.2 Å². The molecule has 2 aromatic rings. The van der Waals surface area contributed by atoms with Gasteiger partial charge in [-0.2, -0.15) is 0 Å². The summed E-state index contributed by atoms with van der Waals surface area (Å²) < 4.78 is 0. The third-order valence-corrected chi connectivity index (χ3v) is 7.01. The Kier molecular flexibility index (Phi) is 16.0. The highest BCUT2D eigenvalue weighted by Gasteiger charge is 2.13. The molecule has 0 aliphatic carbocycles. The van der Waals surface area contributed by atoms with Crippen molar-refractivity contribution in [2.45, 2.75) is 83.6 Å². The van der Waals surface area contributed by atoms with Crippen molar-refractivity contribution >= 4 is 17.8 Å². The van der Waals surface area contributed by atoms with Crippen LogP contribution in [0.5, 0.6) is 11.5 Å². The first-order valence-corrected chi connectivity index (χ1v) is 14.8. The van der Waals surface area contributed by atoms with Crippen LogP contribution < -0.4 is 10.6 Å². The number of carboxylic acids is 1. The molecule has 0 radical (unpaired) electrons. The van der Waals surface area contributed by atoms with Crippen LogP contribution in [0.4, 0.5) is 0 Å². The maximum Gasteiger partial charge on any atom is 0.303 e. The third kappa shape index (κ3) is 14.0. The highest BCUT2D eigenvalue weighted by atomic mass is 16.4. The summed E-state index contributed by atoms with van der Waals surface area (Å²) in [4.78, 5) is 37.4. The smallest absolute Gasteiger partial charge is 0.303 e. The summed E-state index contributed by atoms with van der Waals surface area (Å²) in [5.41, 5.74) is 1.55. The number of nitrogens with one attached hydrogen (secondary N) is 2. The second-order valence-electron chi connectivity index (χ2n) is 10.7. The first kappa shape index (κ1) is 33.6. The quantitative estimate of drug-likeness (QED) is 0.126. The van der Waals surface area contributed by atoms with Gasteiger partial charge in [0.2, 0.25) is 0 Å². The number of nitrogens with zero attached hydrogens (tertiary/aromatic N) is 1. The van der Waals surface area contributed by atoms with E-state index in [1.54, 1.807) is 30.3 Å². The van der Waals surface area contributed by atoms with E-state index in [9.17, 15) is 24.6 Å². The molecular formula is C32H47N3O6. The number of aromatic hydroxyl groups is 2. The molecular weight excluding hydrogens is 522 g/mol. The monoisotopic (exact) mass is 569 g/mol. The number of carbonyl (C=O) groups excluding carboxylic acids is 2. The Bertz CT molecular complexity index is 1090. The van der Waals surface area contributed by atoms with Crippen molar-refractivity contribution in [3.63, 3.8) is 0 Å². The van der Waals surface area contributed by atoms with Crippen LogP contribution in [-0.4, -0.2) is 64.7 Å². The van der Waals surface area contributed by atoms with Crippen LogP contribution in [0.15, 0.2) is 42.5 Å². The molecule has 5 N–H and O–H groups in total. The molecule has 0 fully saturated rings. The van der Waals surface area contributed by atoms with Gasteiger partial charge in [0.05, 0.1) is 11.1 Å². The number of phenols is 2. The molecule has 41 heavy (non-hydrogen) atoms. The van der Waals surface area contributed by atoms with Crippen molar-refractivity contribution < 1.29 is 29.7 Å². The predicted molar refractivity (Wildman–Crippen MR) is 160 cm³/mol. The molecule has 226 valence electrons. The van der Waals surface area contributed by atoms with E-state index in [-0.39, 0.29) is 29.7 Å². The Morgan fingerprint density at radius 2 is 1.22 bits per heavy atom. The van der Waals surface area contributed by atoms with E-state index in [0.29, 0.717) is 30.8 Å². The van der Waals surface area contributed by atoms with Gasteiger partial charge in [-0.1, -0.05) is 63.1 Å². The molecule has 0 heterocycles. The summed E-state index contributed by atoms with van der Waals surface area (Å²) >= 11 is 0. The summed E-state index contributed by atoms with van der Waals surface area (Å²) in [7, 11) is 2.03. The largest absolute Gasteiger partial charge is 0.507 e. The number of aliphatic carboxylic acids is 1. The van der Waals surface area contributed by atoms with E-state index < -0.39 is 5.97 Å². The molecule has 0 unspecified atom stereocenters. The minimum atomic E-state index is -0.736. The lowest BCUT2D eigenvalue weighted by Crippen LogP contribution is -2.25. The standard InChI is InChI=1S/C32H47N3O6/c1-35(22-14-8-7-13-20-33-31(40)26-15-10-11-16-28(26)36)24-25-18-19-29(37)27(23-25)32(41)34-21-12-6-4-2-3-5-9-17-30(38)39/h10-11,15-16,18-19,23,36-37H,2-9,12-14,17,20-22,24H2,1H3,(H,33,40)(H,34,41)(H,38,39). The van der Waals surface area contributed by atoms with Crippen LogP contribution >= 0.6 is 0 Å². The van der Waals surface area contributed by atoms with Crippen molar-refractivity contribution in [1.82, 2.24) is 15.5 Å². The number of hydrogen-bond donors (Lipinski definition) is 5.